The van der Waals surface area contributed by atoms with Crippen LogP contribution >= 0.6 is 0 Å². The lowest BCUT2D eigenvalue weighted by Crippen LogP contribution is -2.18. The Labute approximate surface area is 111 Å². The predicted molar refractivity (Wildman–Crippen MR) is 75.3 cm³/mol. The summed E-state index contributed by atoms with van der Waals surface area (Å²) in [5, 5.41) is 4.36. The fourth-order valence-electron chi connectivity index (χ4n) is 3.10. The molecule has 1 aromatic rings. The van der Waals surface area contributed by atoms with E-state index in [4.69, 9.17) is 5.73 Å². The third-order valence-corrected chi connectivity index (χ3v) is 4.18. The molecule has 2 N–H and O–H groups in total. The van der Waals surface area contributed by atoms with Crippen molar-refractivity contribution in [3.8, 4) is 0 Å². The molecule has 1 unspecified atom stereocenters. The normalized spacial score (nSPS) is 19.0. The molecule has 0 spiro atoms. The minimum Gasteiger partial charge on any atom is -0.323 e. The van der Waals surface area contributed by atoms with Crippen molar-refractivity contribution in [2.45, 2.75) is 70.9 Å². The summed E-state index contributed by atoms with van der Waals surface area (Å²) in [6.07, 6.45) is 12.5. The maximum absolute atomic E-state index is 6.33. The Hall–Kier alpha value is -0.830. The maximum Gasteiger partial charge on any atom is 0.0551 e. The van der Waals surface area contributed by atoms with Gasteiger partial charge in [-0.05, 0) is 31.2 Å². The zero-order chi connectivity index (χ0) is 12.8. The van der Waals surface area contributed by atoms with Crippen molar-refractivity contribution in [3.05, 3.63) is 18.0 Å². The first-order valence-electron chi connectivity index (χ1n) is 7.58. The molecule has 1 aliphatic carbocycles. The summed E-state index contributed by atoms with van der Waals surface area (Å²) in [5.74, 6) is 0.923. The number of hydrogen-bond donors (Lipinski definition) is 1. The van der Waals surface area contributed by atoms with Crippen molar-refractivity contribution in [1.82, 2.24) is 9.78 Å². The van der Waals surface area contributed by atoms with E-state index in [1.165, 1.54) is 44.2 Å². The standard InChI is InChI=1S/C15H27N3/c1-2-12-18-15(10-11-17-18)14(16)9-8-13-6-4-3-5-7-13/h10-11,13-14H,2-9,12,16H2,1H3. The van der Waals surface area contributed by atoms with Crippen LogP contribution < -0.4 is 5.73 Å². The first-order chi connectivity index (χ1) is 8.81. The zero-order valence-electron chi connectivity index (χ0n) is 11.6. The Morgan fingerprint density at radius 2 is 2.17 bits per heavy atom. The smallest absolute Gasteiger partial charge is 0.0551 e. The molecule has 1 saturated carbocycles. The molecular formula is C15H27N3. The van der Waals surface area contributed by atoms with Crippen molar-refractivity contribution >= 4 is 0 Å². The molecule has 3 nitrogen and oxygen atoms in total. The van der Waals surface area contributed by atoms with Crippen LogP contribution in [0.1, 0.15) is 70.0 Å². The molecule has 0 amide bonds. The summed E-state index contributed by atoms with van der Waals surface area (Å²) in [6.45, 7) is 3.17. The fourth-order valence-corrected chi connectivity index (χ4v) is 3.10. The van der Waals surface area contributed by atoms with Crippen molar-refractivity contribution in [1.29, 1.82) is 0 Å². The highest BCUT2D eigenvalue weighted by atomic mass is 15.3. The molecule has 3 heteroatoms. The van der Waals surface area contributed by atoms with E-state index in [9.17, 15) is 0 Å². The molecule has 1 aromatic heterocycles. The molecule has 2 rings (SSSR count). The summed E-state index contributed by atoms with van der Waals surface area (Å²) in [5.41, 5.74) is 7.54. The van der Waals surface area contributed by atoms with Gasteiger partial charge in [0, 0.05) is 18.8 Å². The van der Waals surface area contributed by atoms with Gasteiger partial charge < -0.3 is 5.73 Å². The van der Waals surface area contributed by atoms with Gasteiger partial charge in [-0.15, -0.1) is 0 Å². The average Bonchev–Trinajstić information content (AvgIpc) is 2.86. The molecule has 1 heterocycles. The topological polar surface area (TPSA) is 43.8 Å². The number of rotatable bonds is 6. The van der Waals surface area contributed by atoms with E-state index < -0.39 is 0 Å². The lowest BCUT2D eigenvalue weighted by molar-refractivity contribution is 0.321. The van der Waals surface area contributed by atoms with Gasteiger partial charge in [0.25, 0.3) is 0 Å². The third-order valence-electron chi connectivity index (χ3n) is 4.18. The highest BCUT2D eigenvalue weighted by Gasteiger charge is 2.17. The van der Waals surface area contributed by atoms with Crippen LogP contribution in [0.4, 0.5) is 0 Å². The van der Waals surface area contributed by atoms with Crippen LogP contribution in [-0.2, 0) is 6.54 Å². The van der Waals surface area contributed by atoms with Gasteiger partial charge in [0.15, 0.2) is 0 Å². The van der Waals surface area contributed by atoms with Crippen LogP contribution in [0, 0.1) is 5.92 Å². The largest absolute Gasteiger partial charge is 0.323 e. The van der Waals surface area contributed by atoms with Gasteiger partial charge >= 0.3 is 0 Å². The Morgan fingerprint density at radius 3 is 2.89 bits per heavy atom. The molecule has 102 valence electrons. The summed E-state index contributed by atoms with van der Waals surface area (Å²) < 4.78 is 2.07. The lowest BCUT2D eigenvalue weighted by Gasteiger charge is -2.23. The Bertz CT molecular complexity index is 339. The molecule has 1 atom stereocenters. The van der Waals surface area contributed by atoms with Crippen molar-refractivity contribution in [3.63, 3.8) is 0 Å². The lowest BCUT2D eigenvalue weighted by atomic mass is 9.85. The minimum absolute atomic E-state index is 0.168. The van der Waals surface area contributed by atoms with Gasteiger partial charge in [0.05, 0.1) is 5.69 Å². The minimum atomic E-state index is 0.168. The third kappa shape index (κ3) is 3.58. The number of aromatic nitrogens is 2. The summed E-state index contributed by atoms with van der Waals surface area (Å²) in [6, 6.07) is 2.25. The van der Waals surface area contributed by atoms with Crippen molar-refractivity contribution in [2.75, 3.05) is 0 Å². The summed E-state index contributed by atoms with van der Waals surface area (Å²) >= 11 is 0. The monoisotopic (exact) mass is 249 g/mol. The highest BCUT2D eigenvalue weighted by Crippen LogP contribution is 2.29. The summed E-state index contributed by atoms with van der Waals surface area (Å²) in [4.78, 5) is 0. The first kappa shape index (κ1) is 13.6. The van der Waals surface area contributed by atoms with Gasteiger partial charge in [-0.1, -0.05) is 39.0 Å². The Balaban J connectivity index is 1.82. The first-order valence-corrected chi connectivity index (χ1v) is 7.58. The second-order valence-electron chi connectivity index (χ2n) is 5.67. The molecule has 0 aliphatic heterocycles. The van der Waals surface area contributed by atoms with Crippen LogP contribution in [0.3, 0.4) is 0 Å². The van der Waals surface area contributed by atoms with Gasteiger partial charge in [-0.2, -0.15) is 5.10 Å². The Kier molecular flexibility index (Phi) is 5.24. The number of nitrogens with zero attached hydrogens (tertiary/aromatic N) is 2. The van der Waals surface area contributed by atoms with Crippen LogP contribution in [-0.4, -0.2) is 9.78 Å². The van der Waals surface area contributed by atoms with E-state index in [0.717, 1.165) is 25.3 Å². The molecule has 1 fully saturated rings. The van der Waals surface area contributed by atoms with Crippen molar-refractivity contribution in [2.24, 2.45) is 11.7 Å². The van der Waals surface area contributed by atoms with Gasteiger partial charge in [0.2, 0.25) is 0 Å². The maximum atomic E-state index is 6.33. The van der Waals surface area contributed by atoms with E-state index in [1.54, 1.807) is 0 Å². The second kappa shape index (κ2) is 6.93. The van der Waals surface area contributed by atoms with Gasteiger partial charge in [0.1, 0.15) is 0 Å². The molecule has 0 aromatic carbocycles. The van der Waals surface area contributed by atoms with Gasteiger partial charge in [-0.3, -0.25) is 4.68 Å². The molecule has 0 saturated heterocycles. The van der Waals surface area contributed by atoms with E-state index in [1.807, 2.05) is 6.20 Å². The molecule has 18 heavy (non-hydrogen) atoms. The fraction of sp³-hybridized carbons (Fsp3) is 0.800. The summed E-state index contributed by atoms with van der Waals surface area (Å²) in [7, 11) is 0. The Morgan fingerprint density at radius 1 is 1.39 bits per heavy atom. The molecule has 0 bridgehead atoms. The average molecular weight is 249 g/mol. The van der Waals surface area contributed by atoms with Crippen LogP contribution in [0.15, 0.2) is 12.3 Å². The quantitative estimate of drug-likeness (QED) is 0.836. The molecule has 0 radical (unpaired) electrons. The number of aryl methyl sites for hydroxylation is 1. The van der Waals surface area contributed by atoms with E-state index >= 15 is 0 Å². The van der Waals surface area contributed by atoms with Crippen LogP contribution in [0.25, 0.3) is 0 Å². The second-order valence-corrected chi connectivity index (χ2v) is 5.67. The van der Waals surface area contributed by atoms with Crippen LogP contribution in [0.2, 0.25) is 0 Å². The number of nitrogens with two attached hydrogens (primary N) is 1. The molecular weight excluding hydrogens is 222 g/mol. The predicted octanol–water partition coefficient (Wildman–Crippen LogP) is 3.65. The number of hydrogen-bond acceptors (Lipinski definition) is 2. The van der Waals surface area contributed by atoms with E-state index in [-0.39, 0.29) is 6.04 Å². The SMILES string of the molecule is CCCn1nccc1C(N)CCC1CCCCC1. The van der Waals surface area contributed by atoms with Gasteiger partial charge in [-0.25, -0.2) is 0 Å². The van der Waals surface area contributed by atoms with E-state index in [2.05, 4.69) is 22.8 Å². The van der Waals surface area contributed by atoms with Crippen LogP contribution in [0.5, 0.6) is 0 Å². The van der Waals surface area contributed by atoms with E-state index in [0.29, 0.717) is 0 Å². The molecule has 1 aliphatic rings. The zero-order valence-corrected chi connectivity index (χ0v) is 11.6. The highest BCUT2D eigenvalue weighted by molar-refractivity contribution is 5.06. The van der Waals surface area contributed by atoms with Crippen molar-refractivity contribution < 1.29 is 0 Å².